The zero-order valence-electron chi connectivity index (χ0n) is 9.74. The third kappa shape index (κ3) is 2.49. The number of hydrogen-bond donors (Lipinski definition) is 2. The van der Waals surface area contributed by atoms with Crippen LogP contribution >= 0.6 is 15.9 Å². The lowest BCUT2D eigenvalue weighted by molar-refractivity contribution is 0.0695. The summed E-state index contributed by atoms with van der Waals surface area (Å²) in [7, 11) is 0. The number of hydrogen-bond acceptors (Lipinski definition) is 3. The maximum absolute atomic E-state index is 14.0. The molecule has 1 aromatic carbocycles. The summed E-state index contributed by atoms with van der Waals surface area (Å²) in [5.41, 5.74) is 0.197. The molecule has 98 valence electrons. The second-order valence-electron chi connectivity index (χ2n) is 4.21. The average molecular weight is 318 g/mol. The highest BCUT2D eigenvalue weighted by Crippen LogP contribution is 2.29. The van der Waals surface area contributed by atoms with E-state index in [4.69, 9.17) is 9.84 Å². The molecule has 1 saturated heterocycles. The second kappa shape index (κ2) is 5.24. The minimum atomic E-state index is -1.16. The van der Waals surface area contributed by atoms with Gasteiger partial charge in [0.15, 0.2) is 5.82 Å². The largest absolute Gasteiger partial charge is 0.478 e. The topological polar surface area (TPSA) is 58.6 Å². The summed E-state index contributed by atoms with van der Waals surface area (Å²) in [5, 5.41) is 11.9. The highest BCUT2D eigenvalue weighted by Gasteiger charge is 2.25. The van der Waals surface area contributed by atoms with E-state index >= 15 is 0 Å². The summed E-state index contributed by atoms with van der Waals surface area (Å²) in [4.78, 5) is 10.8. The van der Waals surface area contributed by atoms with Crippen LogP contribution in [0.2, 0.25) is 0 Å². The van der Waals surface area contributed by atoms with Gasteiger partial charge in [-0.1, -0.05) is 0 Å². The highest BCUT2D eigenvalue weighted by molar-refractivity contribution is 9.10. The van der Waals surface area contributed by atoms with Crippen LogP contribution in [-0.2, 0) is 4.74 Å². The van der Waals surface area contributed by atoms with Crippen LogP contribution in [0.15, 0.2) is 16.6 Å². The summed E-state index contributed by atoms with van der Waals surface area (Å²) in [5.74, 6) is -1.75. The van der Waals surface area contributed by atoms with Crippen molar-refractivity contribution in [1.82, 2.24) is 0 Å². The van der Waals surface area contributed by atoms with Gasteiger partial charge in [-0.3, -0.25) is 0 Å². The third-order valence-corrected chi connectivity index (χ3v) is 3.81. The Morgan fingerprint density at radius 2 is 2.33 bits per heavy atom. The Labute approximate surface area is 112 Å². The van der Waals surface area contributed by atoms with Gasteiger partial charge in [0.25, 0.3) is 0 Å². The molecule has 1 aliphatic heterocycles. The number of benzene rings is 1. The van der Waals surface area contributed by atoms with Crippen molar-refractivity contribution >= 4 is 27.6 Å². The Balaban J connectivity index is 2.24. The van der Waals surface area contributed by atoms with Crippen LogP contribution in [0.3, 0.4) is 0 Å². The summed E-state index contributed by atoms with van der Waals surface area (Å²) in [6.45, 7) is 2.57. The number of ether oxygens (including phenoxy) is 1. The maximum Gasteiger partial charge on any atom is 0.336 e. The molecule has 0 amide bonds. The molecule has 6 heteroatoms. The van der Waals surface area contributed by atoms with Gasteiger partial charge in [-0.15, -0.1) is 0 Å². The van der Waals surface area contributed by atoms with Crippen molar-refractivity contribution in [3.05, 3.63) is 28.0 Å². The van der Waals surface area contributed by atoms with Crippen molar-refractivity contribution in [3.8, 4) is 0 Å². The smallest absolute Gasteiger partial charge is 0.336 e. The first-order valence-corrected chi connectivity index (χ1v) is 6.39. The quantitative estimate of drug-likeness (QED) is 0.900. The number of aromatic carboxylic acids is 1. The molecule has 0 aromatic heterocycles. The van der Waals surface area contributed by atoms with Crippen LogP contribution in [0.1, 0.15) is 23.7 Å². The van der Waals surface area contributed by atoms with E-state index in [9.17, 15) is 9.18 Å². The van der Waals surface area contributed by atoms with Gasteiger partial charge >= 0.3 is 5.97 Å². The summed E-state index contributed by atoms with van der Waals surface area (Å²) < 4.78 is 19.3. The van der Waals surface area contributed by atoms with Crippen LogP contribution in [0.5, 0.6) is 0 Å². The van der Waals surface area contributed by atoms with Gasteiger partial charge in [-0.2, -0.15) is 0 Å². The molecular weight excluding hydrogens is 305 g/mol. The molecule has 18 heavy (non-hydrogen) atoms. The Morgan fingerprint density at radius 3 is 2.89 bits per heavy atom. The van der Waals surface area contributed by atoms with Crippen molar-refractivity contribution in [2.24, 2.45) is 0 Å². The summed E-state index contributed by atoms with van der Waals surface area (Å²) in [6, 6.07) is 2.86. The first-order chi connectivity index (χ1) is 8.50. The molecule has 1 fully saturated rings. The number of nitrogens with one attached hydrogen (secondary N) is 1. The molecule has 0 radical (unpaired) electrons. The fourth-order valence-electron chi connectivity index (χ4n) is 1.95. The number of rotatable bonds is 3. The first kappa shape index (κ1) is 13.3. The van der Waals surface area contributed by atoms with E-state index in [0.717, 1.165) is 6.42 Å². The average Bonchev–Trinajstić information content (AvgIpc) is 2.70. The van der Waals surface area contributed by atoms with Crippen molar-refractivity contribution in [2.75, 3.05) is 11.9 Å². The van der Waals surface area contributed by atoms with Gasteiger partial charge in [-0.25, -0.2) is 9.18 Å². The molecule has 1 aromatic rings. The van der Waals surface area contributed by atoms with Crippen LogP contribution in [0.25, 0.3) is 0 Å². The lowest BCUT2D eigenvalue weighted by atomic mass is 10.1. The number of anilines is 1. The van der Waals surface area contributed by atoms with Crippen LogP contribution < -0.4 is 5.32 Å². The molecule has 2 atom stereocenters. The SMILES string of the molecule is CC1OCCC1Nc1ccc(C(=O)O)c(Br)c1F. The monoisotopic (exact) mass is 317 g/mol. The van der Waals surface area contributed by atoms with E-state index in [0.29, 0.717) is 6.61 Å². The van der Waals surface area contributed by atoms with Crippen LogP contribution in [0, 0.1) is 5.82 Å². The second-order valence-corrected chi connectivity index (χ2v) is 5.00. The molecule has 2 rings (SSSR count). The van der Waals surface area contributed by atoms with E-state index in [1.54, 1.807) is 0 Å². The van der Waals surface area contributed by atoms with E-state index in [1.807, 2.05) is 6.92 Å². The molecule has 0 spiro atoms. The van der Waals surface area contributed by atoms with E-state index in [2.05, 4.69) is 21.2 Å². The minimum absolute atomic E-state index is 0.0160. The number of carboxylic acids is 1. The fraction of sp³-hybridized carbons (Fsp3) is 0.417. The lowest BCUT2D eigenvalue weighted by Crippen LogP contribution is -2.27. The predicted molar refractivity (Wildman–Crippen MR) is 68.5 cm³/mol. The molecular formula is C12H13BrFNO3. The Hall–Kier alpha value is -1.14. The highest BCUT2D eigenvalue weighted by atomic mass is 79.9. The first-order valence-electron chi connectivity index (χ1n) is 5.60. The standard InChI is InChI=1S/C12H13BrFNO3/c1-6-8(4-5-18-6)15-9-3-2-7(12(16)17)10(13)11(9)14/h2-3,6,8,15H,4-5H2,1H3,(H,16,17). The van der Waals surface area contributed by atoms with Crippen molar-refractivity contribution in [2.45, 2.75) is 25.5 Å². The molecule has 1 aliphatic rings. The Morgan fingerprint density at radius 1 is 1.61 bits per heavy atom. The molecule has 0 aliphatic carbocycles. The van der Waals surface area contributed by atoms with Gasteiger partial charge in [0.05, 0.1) is 27.9 Å². The number of halogens is 2. The van der Waals surface area contributed by atoms with Crippen LogP contribution in [0.4, 0.5) is 10.1 Å². The van der Waals surface area contributed by atoms with Gasteiger partial charge < -0.3 is 15.2 Å². The summed E-state index contributed by atoms with van der Waals surface area (Å²) >= 11 is 2.97. The molecule has 0 bridgehead atoms. The van der Waals surface area contributed by atoms with Gasteiger partial charge in [0.1, 0.15) is 0 Å². The predicted octanol–water partition coefficient (Wildman–Crippen LogP) is 2.88. The van der Waals surface area contributed by atoms with E-state index < -0.39 is 11.8 Å². The third-order valence-electron chi connectivity index (χ3n) is 3.03. The maximum atomic E-state index is 14.0. The van der Waals surface area contributed by atoms with Gasteiger partial charge in [-0.05, 0) is 41.4 Å². The van der Waals surface area contributed by atoms with E-state index in [1.165, 1.54) is 12.1 Å². The van der Waals surface area contributed by atoms with Crippen molar-refractivity contribution in [3.63, 3.8) is 0 Å². The summed E-state index contributed by atoms with van der Waals surface area (Å²) in [6.07, 6.45) is 0.821. The van der Waals surface area contributed by atoms with E-state index in [-0.39, 0.29) is 27.9 Å². The molecule has 0 saturated carbocycles. The minimum Gasteiger partial charge on any atom is -0.478 e. The number of carbonyl (C=O) groups is 1. The van der Waals surface area contributed by atoms with Crippen molar-refractivity contribution in [1.29, 1.82) is 0 Å². The molecule has 2 unspecified atom stereocenters. The number of carboxylic acid groups (broad SMARTS) is 1. The zero-order chi connectivity index (χ0) is 13.3. The Bertz CT molecular complexity index is 481. The Kier molecular flexibility index (Phi) is 3.87. The molecule has 4 nitrogen and oxygen atoms in total. The van der Waals surface area contributed by atoms with Crippen LogP contribution in [-0.4, -0.2) is 29.8 Å². The molecule has 2 N–H and O–H groups in total. The fourth-order valence-corrected chi connectivity index (χ4v) is 2.46. The lowest BCUT2D eigenvalue weighted by Gasteiger charge is -2.18. The van der Waals surface area contributed by atoms with Gasteiger partial charge in [0, 0.05) is 6.61 Å². The zero-order valence-corrected chi connectivity index (χ0v) is 11.3. The molecule has 1 heterocycles. The normalized spacial score (nSPS) is 23.1. The van der Waals surface area contributed by atoms with Gasteiger partial charge in [0.2, 0.25) is 0 Å². The van der Waals surface area contributed by atoms with Crippen molar-refractivity contribution < 1.29 is 19.0 Å².